The highest BCUT2D eigenvalue weighted by Gasteiger charge is 2.12. The number of ether oxygens (including phenoxy) is 1. The van der Waals surface area contributed by atoms with Crippen LogP contribution < -0.4 is 5.73 Å². The van der Waals surface area contributed by atoms with Crippen molar-refractivity contribution < 1.29 is 9.53 Å². The van der Waals surface area contributed by atoms with Gasteiger partial charge in [0.2, 0.25) is 0 Å². The zero-order valence-electron chi connectivity index (χ0n) is 9.47. The number of hydrogen-bond donors (Lipinski definition) is 1. The summed E-state index contributed by atoms with van der Waals surface area (Å²) in [6, 6.07) is 1.85. The molecule has 0 radical (unpaired) electrons. The van der Waals surface area contributed by atoms with Gasteiger partial charge in [-0.2, -0.15) is 0 Å². The van der Waals surface area contributed by atoms with E-state index in [2.05, 4.69) is 4.98 Å². The van der Waals surface area contributed by atoms with E-state index in [4.69, 9.17) is 10.5 Å². The van der Waals surface area contributed by atoms with E-state index in [1.165, 1.54) is 0 Å². The minimum absolute atomic E-state index is 0.142. The number of rotatable bonds is 5. The molecule has 0 aliphatic carbocycles. The summed E-state index contributed by atoms with van der Waals surface area (Å²) in [4.78, 5) is 16.1. The number of anilines is 1. The molecule has 1 aromatic rings. The maximum atomic E-state index is 11.2. The maximum Gasteiger partial charge on any atom is 0.306 e. The Hall–Kier alpha value is -1.23. The molecular weight excluding hydrogens is 224 g/mol. The Bertz CT molecular complexity index is 358. The zero-order valence-corrected chi connectivity index (χ0v) is 10.3. The highest BCUT2D eigenvalue weighted by atomic mass is 32.2. The van der Waals surface area contributed by atoms with Gasteiger partial charge >= 0.3 is 5.97 Å². The van der Waals surface area contributed by atoms with Gasteiger partial charge in [0.05, 0.1) is 24.9 Å². The summed E-state index contributed by atoms with van der Waals surface area (Å²) in [6.45, 7) is 4.20. The molecule has 0 bridgehead atoms. The van der Waals surface area contributed by atoms with E-state index in [-0.39, 0.29) is 11.2 Å². The lowest BCUT2D eigenvalue weighted by atomic mass is 10.3. The molecule has 0 aliphatic rings. The van der Waals surface area contributed by atoms with Gasteiger partial charge in [-0.05, 0) is 13.0 Å². The van der Waals surface area contributed by atoms with Crippen LogP contribution in [0.5, 0.6) is 0 Å². The molecular formula is C11H16N2O2S. The first-order valence-electron chi connectivity index (χ1n) is 5.15. The summed E-state index contributed by atoms with van der Waals surface area (Å²) >= 11 is 1.56. The second-order valence-electron chi connectivity index (χ2n) is 3.35. The van der Waals surface area contributed by atoms with Crippen LogP contribution in [0.4, 0.5) is 5.69 Å². The number of aromatic nitrogens is 1. The molecule has 1 aromatic heterocycles. The third-order valence-corrected chi connectivity index (χ3v) is 3.09. The lowest BCUT2D eigenvalue weighted by Crippen LogP contribution is -2.10. The fourth-order valence-electron chi connectivity index (χ4n) is 1.21. The number of hydrogen-bond acceptors (Lipinski definition) is 5. The molecule has 0 amide bonds. The number of carbonyl (C=O) groups is 1. The van der Waals surface area contributed by atoms with Crippen LogP contribution >= 0.6 is 11.8 Å². The molecule has 4 nitrogen and oxygen atoms in total. The number of esters is 1. The van der Waals surface area contributed by atoms with Gasteiger partial charge in [-0.25, -0.2) is 0 Å². The third kappa shape index (κ3) is 4.10. The van der Waals surface area contributed by atoms with Crippen molar-refractivity contribution in [2.75, 3.05) is 12.3 Å². The molecule has 0 fully saturated rings. The van der Waals surface area contributed by atoms with Crippen molar-refractivity contribution in [3.63, 3.8) is 0 Å². The smallest absolute Gasteiger partial charge is 0.306 e. The summed E-state index contributed by atoms with van der Waals surface area (Å²) < 4.78 is 4.88. The van der Waals surface area contributed by atoms with Crippen molar-refractivity contribution in [2.24, 2.45) is 0 Å². The van der Waals surface area contributed by atoms with E-state index in [1.54, 1.807) is 31.1 Å². The van der Waals surface area contributed by atoms with Crippen molar-refractivity contribution in [1.82, 2.24) is 4.98 Å². The van der Waals surface area contributed by atoms with Gasteiger partial charge in [-0.1, -0.05) is 6.92 Å². The molecule has 1 unspecified atom stereocenters. The summed E-state index contributed by atoms with van der Waals surface area (Å²) in [7, 11) is 0. The molecule has 0 saturated heterocycles. The molecule has 0 saturated carbocycles. The largest absolute Gasteiger partial charge is 0.466 e. The fourth-order valence-corrected chi connectivity index (χ4v) is 2.20. The summed E-state index contributed by atoms with van der Waals surface area (Å²) in [5, 5.41) is 0.142. The van der Waals surface area contributed by atoms with Crippen LogP contribution in [-0.4, -0.2) is 22.8 Å². The van der Waals surface area contributed by atoms with Crippen LogP contribution in [-0.2, 0) is 9.53 Å². The van der Waals surface area contributed by atoms with Crippen molar-refractivity contribution >= 4 is 23.4 Å². The topological polar surface area (TPSA) is 65.2 Å². The fraction of sp³-hybridized carbons (Fsp3) is 0.455. The van der Waals surface area contributed by atoms with Gasteiger partial charge in [0, 0.05) is 16.3 Å². The summed E-state index contributed by atoms with van der Waals surface area (Å²) in [5.41, 5.74) is 6.40. The van der Waals surface area contributed by atoms with E-state index in [0.717, 1.165) is 4.90 Å². The Balaban J connectivity index is 2.48. The Kier molecular flexibility index (Phi) is 5.11. The highest BCUT2D eigenvalue weighted by Crippen LogP contribution is 2.29. The first-order valence-corrected chi connectivity index (χ1v) is 6.03. The molecule has 0 spiro atoms. The van der Waals surface area contributed by atoms with Crippen LogP contribution in [0, 0.1) is 0 Å². The molecule has 88 valence electrons. The van der Waals surface area contributed by atoms with E-state index in [0.29, 0.717) is 18.7 Å². The van der Waals surface area contributed by atoms with Gasteiger partial charge in [-0.15, -0.1) is 11.8 Å². The molecule has 1 rings (SSSR count). The first-order chi connectivity index (χ1) is 7.63. The Morgan fingerprint density at radius 2 is 2.44 bits per heavy atom. The van der Waals surface area contributed by atoms with Gasteiger partial charge in [0.25, 0.3) is 0 Å². The first kappa shape index (κ1) is 12.8. The summed E-state index contributed by atoms with van der Waals surface area (Å²) in [6.07, 6.45) is 3.69. The number of carbonyl (C=O) groups excluding carboxylic acids is 1. The van der Waals surface area contributed by atoms with E-state index in [1.807, 2.05) is 13.0 Å². The number of nitrogens with zero attached hydrogens (tertiary/aromatic N) is 1. The third-order valence-electron chi connectivity index (χ3n) is 1.90. The molecule has 2 N–H and O–H groups in total. The lowest BCUT2D eigenvalue weighted by Gasteiger charge is -2.11. The van der Waals surface area contributed by atoms with Gasteiger partial charge in [0.15, 0.2) is 0 Å². The minimum Gasteiger partial charge on any atom is -0.466 e. The van der Waals surface area contributed by atoms with Crippen molar-refractivity contribution in [3.8, 4) is 0 Å². The Morgan fingerprint density at radius 1 is 1.69 bits per heavy atom. The molecule has 0 aliphatic heterocycles. The van der Waals surface area contributed by atoms with Gasteiger partial charge in [0.1, 0.15) is 0 Å². The van der Waals surface area contributed by atoms with Gasteiger partial charge in [-0.3, -0.25) is 9.78 Å². The number of thioether (sulfide) groups is 1. The maximum absolute atomic E-state index is 11.2. The van der Waals surface area contributed by atoms with Crippen molar-refractivity contribution in [1.29, 1.82) is 0 Å². The standard InChI is InChI=1S/C11H16N2O2S/c1-3-15-11(14)6-8(2)16-10-4-5-13-7-9(10)12/h4-5,7-8H,3,6,12H2,1-2H3. The van der Waals surface area contributed by atoms with Crippen molar-refractivity contribution in [3.05, 3.63) is 18.5 Å². The number of nitrogen functional groups attached to an aromatic ring is 1. The monoisotopic (exact) mass is 240 g/mol. The molecule has 5 heteroatoms. The van der Waals surface area contributed by atoms with E-state index >= 15 is 0 Å². The Labute approximate surface area is 99.6 Å². The normalized spacial score (nSPS) is 12.1. The minimum atomic E-state index is -0.171. The van der Waals surface area contributed by atoms with E-state index in [9.17, 15) is 4.79 Å². The second-order valence-corrected chi connectivity index (χ2v) is 4.83. The van der Waals surface area contributed by atoms with Crippen molar-refractivity contribution in [2.45, 2.75) is 30.4 Å². The Morgan fingerprint density at radius 3 is 3.06 bits per heavy atom. The van der Waals surface area contributed by atoms with Gasteiger partial charge < -0.3 is 10.5 Å². The van der Waals surface area contributed by atoms with E-state index < -0.39 is 0 Å². The molecule has 16 heavy (non-hydrogen) atoms. The number of pyridine rings is 1. The molecule has 0 aromatic carbocycles. The molecule has 1 atom stereocenters. The number of nitrogens with two attached hydrogens (primary N) is 1. The molecule has 1 heterocycles. The predicted octanol–water partition coefficient (Wildman–Crippen LogP) is 2.10. The SMILES string of the molecule is CCOC(=O)CC(C)Sc1ccncc1N. The quantitative estimate of drug-likeness (QED) is 0.630. The lowest BCUT2D eigenvalue weighted by molar-refractivity contribution is -0.142. The highest BCUT2D eigenvalue weighted by molar-refractivity contribution is 8.00. The predicted molar refractivity (Wildman–Crippen MR) is 65.2 cm³/mol. The van der Waals surface area contributed by atoms with Crippen LogP contribution in [0.3, 0.4) is 0 Å². The van der Waals surface area contributed by atoms with Crippen LogP contribution in [0.2, 0.25) is 0 Å². The van der Waals surface area contributed by atoms with Crippen LogP contribution in [0.15, 0.2) is 23.4 Å². The average Bonchev–Trinajstić information content (AvgIpc) is 2.21. The van der Waals surface area contributed by atoms with Crippen LogP contribution in [0.25, 0.3) is 0 Å². The average molecular weight is 240 g/mol. The van der Waals surface area contributed by atoms with Crippen LogP contribution in [0.1, 0.15) is 20.3 Å². The summed E-state index contributed by atoms with van der Waals surface area (Å²) in [5.74, 6) is -0.171. The second kappa shape index (κ2) is 6.37. The zero-order chi connectivity index (χ0) is 12.0.